The molecule has 12 heteroatoms. The minimum absolute atomic E-state index is 0.0912. The molecule has 0 aliphatic rings. The van der Waals surface area contributed by atoms with E-state index in [9.17, 15) is 18.0 Å². The number of nitrogens with zero attached hydrogens (tertiary/aromatic N) is 2. The Morgan fingerprint density at radius 1 is 1.06 bits per heavy atom. The number of nitrogens with one attached hydrogen (secondary N) is 1. The van der Waals surface area contributed by atoms with Gasteiger partial charge >= 0.3 is 0 Å². The van der Waals surface area contributed by atoms with E-state index in [1.54, 1.807) is 31.2 Å². The summed E-state index contributed by atoms with van der Waals surface area (Å²) in [5.74, 6) is -0.641. The van der Waals surface area contributed by atoms with E-state index >= 15 is 0 Å². The molecule has 0 aliphatic heterocycles. The highest BCUT2D eigenvalue weighted by atomic mass is 35.5. The highest BCUT2D eigenvalue weighted by Crippen LogP contribution is 2.33. The van der Waals surface area contributed by atoms with Crippen molar-refractivity contribution in [3.63, 3.8) is 0 Å². The number of methoxy groups -OCH3 is 1. The lowest BCUT2D eigenvalue weighted by atomic mass is 10.1. The van der Waals surface area contributed by atoms with Gasteiger partial charge in [0.05, 0.1) is 19.1 Å². The van der Waals surface area contributed by atoms with E-state index in [-0.39, 0.29) is 28.9 Å². The third kappa shape index (κ3) is 7.90. The number of sulfonamides is 1. The summed E-state index contributed by atoms with van der Waals surface area (Å²) < 4.78 is 31.7. The van der Waals surface area contributed by atoms with Crippen LogP contribution in [0.4, 0.5) is 5.69 Å². The van der Waals surface area contributed by atoms with Gasteiger partial charge < -0.3 is 15.0 Å². The molecule has 0 aromatic heterocycles. The molecule has 0 unspecified atom stereocenters. The fraction of sp³-hybridized carbons (Fsp3) is 0.417. The molecule has 36 heavy (non-hydrogen) atoms. The molecule has 2 amide bonds. The maximum atomic E-state index is 13.6. The molecule has 0 fully saturated rings. The largest absolute Gasteiger partial charge is 0.495 e. The molecule has 0 saturated heterocycles. The summed E-state index contributed by atoms with van der Waals surface area (Å²) in [4.78, 5) is 27.8. The molecule has 8 nitrogen and oxygen atoms in total. The van der Waals surface area contributed by atoms with Gasteiger partial charge in [-0.15, -0.1) is 0 Å². The Kier molecular flexibility index (Phi) is 10.7. The fourth-order valence-electron chi connectivity index (χ4n) is 3.34. The van der Waals surface area contributed by atoms with E-state index in [1.165, 1.54) is 24.1 Å². The number of anilines is 1. The molecule has 0 saturated carbocycles. The van der Waals surface area contributed by atoms with Crippen LogP contribution in [0.2, 0.25) is 15.1 Å². The summed E-state index contributed by atoms with van der Waals surface area (Å²) in [6.45, 7) is 5.13. The highest BCUT2D eigenvalue weighted by molar-refractivity contribution is 7.92. The summed E-state index contributed by atoms with van der Waals surface area (Å²) in [6.07, 6.45) is 0.967. The summed E-state index contributed by atoms with van der Waals surface area (Å²) in [6, 6.07) is 8.39. The van der Waals surface area contributed by atoms with Crippen LogP contribution < -0.4 is 14.4 Å². The minimum atomic E-state index is -3.96. The first-order chi connectivity index (χ1) is 16.8. The third-order valence-corrected chi connectivity index (χ3v) is 7.40. The number of hydrogen-bond donors (Lipinski definition) is 1. The number of hydrogen-bond acceptors (Lipinski definition) is 5. The Morgan fingerprint density at radius 3 is 2.19 bits per heavy atom. The van der Waals surface area contributed by atoms with Crippen molar-refractivity contribution in [3.05, 3.63) is 57.0 Å². The molecular weight excluding hydrogens is 549 g/mol. The van der Waals surface area contributed by atoms with Gasteiger partial charge in [0.25, 0.3) is 0 Å². The molecule has 2 aromatic carbocycles. The van der Waals surface area contributed by atoms with Gasteiger partial charge in [-0.1, -0.05) is 54.7 Å². The summed E-state index contributed by atoms with van der Waals surface area (Å²) >= 11 is 18.8. The van der Waals surface area contributed by atoms with E-state index in [0.29, 0.717) is 22.2 Å². The van der Waals surface area contributed by atoms with Gasteiger partial charge in [0.15, 0.2) is 0 Å². The first kappa shape index (κ1) is 30.0. The van der Waals surface area contributed by atoms with Crippen LogP contribution in [0.15, 0.2) is 36.4 Å². The van der Waals surface area contributed by atoms with Gasteiger partial charge in [-0.05, 0) is 43.2 Å². The Morgan fingerprint density at radius 2 is 1.67 bits per heavy atom. The monoisotopic (exact) mass is 577 g/mol. The summed E-state index contributed by atoms with van der Waals surface area (Å²) in [5, 5.41) is 3.69. The van der Waals surface area contributed by atoms with E-state index in [1.807, 2.05) is 13.8 Å². The number of halogens is 3. The van der Waals surface area contributed by atoms with Crippen molar-refractivity contribution in [1.82, 2.24) is 10.2 Å². The van der Waals surface area contributed by atoms with Gasteiger partial charge in [0, 0.05) is 33.7 Å². The van der Waals surface area contributed by atoms with Crippen molar-refractivity contribution in [2.24, 2.45) is 5.92 Å². The standard InChI is InChI=1S/C24H30Cl3N3O5S/c1-15(2)12-28-24(32)16(3)29(13-18-19(26)7-6-8-20(18)27)23(31)14-30(36(5,33)34)21-11-17(25)9-10-22(21)35-4/h6-11,15-16H,12-14H2,1-5H3,(H,28,32)/t16-/m1/s1. The van der Waals surface area contributed by atoms with Gasteiger partial charge in [0.1, 0.15) is 18.3 Å². The van der Waals surface area contributed by atoms with Crippen LogP contribution in [-0.2, 0) is 26.2 Å². The lowest BCUT2D eigenvalue weighted by Gasteiger charge is -2.32. The zero-order chi connectivity index (χ0) is 27.2. The number of benzene rings is 2. The summed E-state index contributed by atoms with van der Waals surface area (Å²) in [5.41, 5.74) is 0.525. The second-order valence-electron chi connectivity index (χ2n) is 8.62. The van der Waals surface area contributed by atoms with Crippen LogP contribution in [0, 0.1) is 5.92 Å². The van der Waals surface area contributed by atoms with Crippen LogP contribution in [0.25, 0.3) is 0 Å². The van der Waals surface area contributed by atoms with Crippen LogP contribution >= 0.6 is 34.8 Å². The van der Waals surface area contributed by atoms with Crippen LogP contribution in [0.5, 0.6) is 5.75 Å². The maximum absolute atomic E-state index is 13.6. The van der Waals surface area contributed by atoms with E-state index in [0.717, 1.165) is 10.6 Å². The van der Waals surface area contributed by atoms with Crippen molar-refractivity contribution >= 4 is 62.3 Å². The van der Waals surface area contributed by atoms with Crippen LogP contribution in [-0.4, -0.2) is 57.6 Å². The van der Waals surface area contributed by atoms with Crippen molar-refractivity contribution in [2.75, 3.05) is 30.8 Å². The smallest absolute Gasteiger partial charge is 0.244 e. The quantitative estimate of drug-likeness (QED) is 0.420. The maximum Gasteiger partial charge on any atom is 0.244 e. The number of ether oxygens (including phenoxy) is 1. The normalized spacial score (nSPS) is 12.2. The molecule has 0 bridgehead atoms. The van der Waals surface area contributed by atoms with Crippen molar-refractivity contribution in [3.8, 4) is 5.75 Å². The SMILES string of the molecule is COc1ccc(Cl)cc1N(CC(=O)N(Cc1c(Cl)cccc1Cl)[C@H](C)C(=O)NCC(C)C)S(C)(=O)=O. The highest BCUT2D eigenvalue weighted by Gasteiger charge is 2.32. The Hall–Kier alpha value is -2.20. The Bertz CT molecular complexity index is 1190. The second-order valence-corrected chi connectivity index (χ2v) is 11.8. The van der Waals surface area contributed by atoms with Gasteiger partial charge in [-0.2, -0.15) is 0 Å². The molecule has 2 rings (SSSR count). The lowest BCUT2D eigenvalue weighted by Crippen LogP contribution is -2.51. The molecule has 0 aliphatic carbocycles. The Labute approximate surface area is 227 Å². The van der Waals surface area contributed by atoms with Crippen molar-refractivity contribution in [1.29, 1.82) is 0 Å². The lowest BCUT2D eigenvalue weighted by molar-refractivity contribution is -0.139. The number of carbonyl (C=O) groups is 2. The fourth-order valence-corrected chi connectivity index (χ4v) is 4.87. The van der Waals surface area contributed by atoms with E-state index < -0.39 is 34.4 Å². The predicted molar refractivity (Wildman–Crippen MR) is 145 cm³/mol. The van der Waals surface area contributed by atoms with Gasteiger partial charge in [0.2, 0.25) is 21.8 Å². The molecule has 0 heterocycles. The minimum Gasteiger partial charge on any atom is -0.495 e. The topological polar surface area (TPSA) is 96.0 Å². The first-order valence-corrected chi connectivity index (χ1v) is 14.1. The zero-order valence-corrected chi connectivity index (χ0v) is 23.8. The van der Waals surface area contributed by atoms with Crippen LogP contribution in [0.1, 0.15) is 26.3 Å². The number of carbonyl (C=O) groups excluding carboxylic acids is 2. The molecular formula is C24H30Cl3N3O5S. The van der Waals surface area contributed by atoms with Gasteiger partial charge in [-0.25, -0.2) is 8.42 Å². The molecule has 0 spiro atoms. The molecule has 1 atom stereocenters. The van der Waals surface area contributed by atoms with Crippen LogP contribution in [0.3, 0.4) is 0 Å². The summed E-state index contributed by atoms with van der Waals surface area (Å²) in [7, 11) is -2.58. The molecule has 2 aromatic rings. The average Bonchev–Trinajstić information content (AvgIpc) is 2.79. The molecule has 1 N–H and O–H groups in total. The zero-order valence-electron chi connectivity index (χ0n) is 20.7. The van der Waals surface area contributed by atoms with E-state index in [2.05, 4.69) is 5.32 Å². The number of rotatable bonds is 11. The average molecular weight is 579 g/mol. The van der Waals surface area contributed by atoms with Crippen molar-refractivity contribution in [2.45, 2.75) is 33.4 Å². The van der Waals surface area contributed by atoms with Gasteiger partial charge in [-0.3, -0.25) is 13.9 Å². The first-order valence-electron chi connectivity index (χ1n) is 11.1. The van der Waals surface area contributed by atoms with E-state index in [4.69, 9.17) is 39.5 Å². The Balaban J connectivity index is 2.50. The second kappa shape index (κ2) is 12.9. The third-order valence-electron chi connectivity index (χ3n) is 5.33. The molecule has 0 radical (unpaired) electrons. The van der Waals surface area contributed by atoms with Crippen molar-refractivity contribution < 1.29 is 22.7 Å². The predicted octanol–water partition coefficient (Wildman–Crippen LogP) is 4.61. The molecule has 198 valence electrons. The number of amides is 2.